The molecule has 0 spiro atoms. The number of hydrogen-bond donors (Lipinski definition) is 0. The number of ether oxygens (including phenoxy) is 1. The molecule has 2 heterocycles. The molecule has 0 bridgehead atoms. The molecular weight excluding hydrogens is 364 g/mol. The van der Waals surface area contributed by atoms with E-state index in [1.165, 1.54) is 17.0 Å². The standard InChI is InChI=1S/C20H22N2O6/c1-19(2,3)27-18(26)21-10-6-7-12-11-20(12,21)17(25)28-22-15(23)13-8-4-5-9-14(13)16(22)24/h4-5,8-9,12H,6-7,10-11H2,1-3H3/t12-,20+/m1/s1. The molecule has 1 saturated carbocycles. The third-order valence-electron chi connectivity index (χ3n) is 5.39. The first-order valence-corrected chi connectivity index (χ1v) is 9.36. The summed E-state index contributed by atoms with van der Waals surface area (Å²) in [5, 5.41) is 0.499. The van der Waals surface area contributed by atoms with Gasteiger partial charge >= 0.3 is 12.1 Å². The molecule has 8 nitrogen and oxygen atoms in total. The highest BCUT2D eigenvalue weighted by Gasteiger charge is 2.69. The molecule has 2 atom stereocenters. The molecule has 148 valence electrons. The fraction of sp³-hybridized carbons (Fsp3) is 0.500. The van der Waals surface area contributed by atoms with Crippen LogP contribution in [0.1, 0.15) is 60.7 Å². The van der Waals surface area contributed by atoms with Crippen molar-refractivity contribution in [3.63, 3.8) is 0 Å². The van der Waals surface area contributed by atoms with Gasteiger partial charge in [-0.15, -0.1) is 0 Å². The number of carbonyl (C=O) groups excluding carboxylic acids is 4. The molecule has 3 amide bonds. The summed E-state index contributed by atoms with van der Waals surface area (Å²) in [5.74, 6) is -2.18. The maximum absolute atomic E-state index is 13.0. The Hall–Kier alpha value is -2.90. The molecule has 8 heteroatoms. The molecule has 0 aromatic heterocycles. The van der Waals surface area contributed by atoms with Crippen molar-refractivity contribution >= 4 is 23.9 Å². The number of hydrogen-bond acceptors (Lipinski definition) is 6. The van der Waals surface area contributed by atoms with Crippen LogP contribution >= 0.6 is 0 Å². The normalized spacial score (nSPS) is 25.9. The summed E-state index contributed by atoms with van der Waals surface area (Å²) >= 11 is 0. The van der Waals surface area contributed by atoms with E-state index in [0.29, 0.717) is 18.0 Å². The zero-order valence-corrected chi connectivity index (χ0v) is 16.1. The van der Waals surface area contributed by atoms with Gasteiger partial charge in [0.2, 0.25) is 0 Å². The second kappa shape index (κ2) is 6.05. The fourth-order valence-corrected chi connectivity index (χ4v) is 4.03. The van der Waals surface area contributed by atoms with Crippen LogP contribution < -0.4 is 0 Å². The number of amides is 3. The van der Waals surface area contributed by atoms with Crippen molar-refractivity contribution < 1.29 is 28.8 Å². The highest BCUT2D eigenvalue weighted by molar-refractivity contribution is 6.21. The second-order valence-electron chi connectivity index (χ2n) is 8.43. The van der Waals surface area contributed by atoms with Gasteiger partial charge < -0.3 is 9.57 Å². The Balaban J connectivity index is 1.55. The van der Waals surface area contributed by atoms with Crippen LogP contribution in [-0.4, -0.2) is 51.5 Å². The number of fused-ring (bicyclic) bond motifs is 2. The first kappa shape index (κ1) is 18.5. The Morgan fingerprint density at radius 3 is 2.29 bits per heavy atom. The predicted molar refractivity (Wildman–Crippen MR) is 96.0 cm³/mol. The number of carbonyl (C=O) groups is 4. The molecule has 4 rings (SSSR count). The minimum atomic E-state index is -1.17. The van der Waals surface area contributed by atoms with Crippen molar-refractivity contribution in [2.75, 3.05) is 6.54 Å². The number of likely N-dealkylation sites (tertiary alicyclic amines) is 1. The second-order valence-corrected chi connectivity index (χ2v) is 8.43. The molecule has 0 unspecified atom stereocenters. The lowest BCUT2D eigenvalue weighted by Crippen LogP contribution is -2.54. The van der Waals surface area contributed by atoms with E-state index in [-0.39, 0.29) is 17.0 Å². The van der Waals surface area contributed by atoms with E-state index in [1.807, 2.05) is 0 Å². The number of benzene rings is 1. The highest BCUT2D eigenvalue weighted by atomic mass is 16.7. The smallest absolute Gasteiger partial charge is 0.411 e. The predicted octanol–water partition coefficient (Wildman–Crippen LogP) is 2.53. The summed E-state index contributed by atoms with van der Waals surface area (Å²) in [4.78, 5) is 57.3. The van der Waals surface area contributed by atoms with E-state index in [4.69, 9.17) is 9.57 Å². The van der Waals surface area contributed by atoms with Crippen molar-refractivity contribution in [3.8, 4) is 0 Å². The van der Waals surface area contributed by atoms with Crippen molar-refractivity contribution in [3.05, 3.63) is 35.4 Å². The SMILES string of the molecule is CC(C)(C)OC(=O)N1CCC[C@@H]2C[C@@]21C(=O)ON1C(=O)c2ccccc2C1=O. The zero-order valence-electron chi connectivity index (χ0n) is 16.1. The Bertz CT molecular complexity index is 854. The van der Waals surface area contributed by atoms with Crippen molar-refractivity contribution in [2.45, 2.75) is 51.2 Å². The van der Waals surface area contributed by atoms with Crippen molar-refractivity contribution in [1.29, 1.82) is 0 Å². The Morgan fingerprint density at radius 1 is 1.11 bits per heavy atom. The number of nitrogens with zero attached hydrogens (tertiary/aromatic N) is 2. The van der Waals surface area contributed by atoms with Crippen LogP contribution in [0.3, 0.4) is 0 Å². The molecule has 1 aliphatic carbocycles. The maximum Gasteiger partial charge on any atom is 0.411 e. The van der Waals surface area contributed by atoms with E-state index >= 15 is 0 Å². The summed E-state index contributed by atoms with van der Waals surface area (Å²) in [6.45, 7) is 5.62. The number of imide groups is 1. The van der Waals surface area contributed by atoms with Gasteiger partial charge in [-0.3, -0.25) is 14.5 Å². The van der Waals surface area contributed by atoms with Crippen LogP contribution in [0.15, 0.2) is 24.3 Å². The lowest BCUT2D eigenvalue weighted by Gasteiger charge is -2.36. The number of hydroxylamine groups is 2. The topological polar surface area (TPSA) is 93.2 Å². The van der Waals surface area contributed by atoms with Gasteiger partial charge in [-0.2, -0.15) is 0 Å². The van der Waals surface area contributed by atoms with Gasteiger partial charge in [-0.1, -0.05) is 17.2 Å². The van der Waals surface area contributed by atoms with Gasteiger partial charge in [0.05, 0.1) is 11.1 Å². The molecule has 1 aromatic carbocycles. The van der Waals surface area contributed by atoms with Crippen molar-refractivity contribution in [2.24, 2.45) is 5.92 Å². The van der Waals surface area contributed by atoms with Crippen LogP contribution in [0.2, 0.25) is 0 Å². The van der Waals surface area contributed by atoms with Crippen LogP contribution in [0, 0.1) is 5.92 Å². The fourth-order valence-electron chi connectivity index (χ4n) is 4.03. The van der Waals surface area contributed by atoms with Crippen LogP contribution in [0.5, 0.6) is 0 Å². The van der Waals surface area contributed by atoms with E-state index in [0.717, 1.165) is 12.8 Å². The van der Waals surface area contributed by atoms with Crippen LogP contribution in [0.4, 0.5) is 4.79 Å². The summed E-state index contributed by atoms with van der Waals surface area (Å²) < 4.78 is 5.44. The van der Waals surface area contributed by atoms with E-state index in [9.17, 15) is 19.2 Å². The molecule has 1 saturated heterocycles. The average Bonchev–Trinajstić information content (AvgIpc) is 3.34. The summed E-state index contributed by atoms with van der Waals surface area (Å²) in [6, 6.07) is 6.29. The summed E-state index contributed by atoms with van der Waals surface area (Å²) in [6.07, 6.45) is 1.38. The molecule has 1 aromatic rings. The average molecular weight is 386 g/mol. The molecule has 2 fully saturated rings. The van der Waals surface area contributed by atoms with E-state index in [2.05, 4.69) is 0 Å². The number of rotatable bonds is 2. The van der Waals surface area contributed by atoms with Gasteiger partial charge in [-0.25, -0.2) is 9.59 Å². The minimum absolute atomic E-state index is 0.0588. The van der Waals surface area contributed by atoms with E-state index < -0.39 is 35.0 Å². The Morgan fingerprint density at radius 2 is 1.71 bits per heavy atom. The Labute approximate surface area is 162 Å². The minimum Gasteiger partial charge on any atom is -0.444 e. The lowest BCUT2D eigenvalue weighted by atomic mass is 10.0. The van der Waals surface area contributed by atoms with Gasteiger partial charge in [0.25, 0.3) is 11.8 Å². The molecular formula is C20H22N2O6. The quantitative estimate of drug-likeness (QED) is 0.725. The zero-order chi connectivity index (χ0) is 20.3. The van der Waals surface area contributed by atoms with Gasteiger partial charge in [0.1, 0.15) is 11.1 Å². The first-order valence-electron chi connectivity index (χ1n) is 9.36. The van der Waals surface area contributed by atoms with Crippen LogP contribution in [0.25, 0.3) is 0 Å². The highest BCUT2D eigenvalue weighted by Crippen LogP contribution is 2.55. The van der Waals surface area contributed by atoms with Gasteiger partial charge in [0, 0.05) is 6.54 Å². The molecule has 0 N–H and O–H groups in total. The Kier molecular flexibility index (Phi) is 3.99. The largest absolute Gasteiger partial charge is 0.444 e. The molecule has 2 aliphatic heterocycles. The van der Waals surface area contributed by atoms with Gasteiger partial charge in [0.15, 0.2) is 0 Å². The van der Waals surface area contributed by atoms with Gasteiger partial charge in [-0.05, 0) is 58.1 Å². The van der Waals surface area contributed by atoms with E-state index in [1.54, 1.807) is 32.9 Å². The first-order chi connectivity index (χ1) is 13.1. The maximum atomic E-state index is 13.0. The third-order valence-corrected chi connectivity index (χ3v) is 5.39. The molecule has 0 radical (unpaired) electrons. The van der Waals surface area contributed by atoms with Crippen molar-refractivity contribution in [1.82, 2.24) is 9.96 Å². The molecule has 3 aliphatic rings. The number of piperidine rings is 1. The summed E-state index contributed by atoms with van der Waals surface area (Å²) in [5.41, 5.74) is -1.49. The van der Waals surface area contributed by atoms with Crippen LogP contribution in [-0.2, 0) is 14.4 Å². The third kappa shape index (κ3) is 2.75. The molecule has 28 heavy (non-hydrogen) atoms. The monoisotopic (exact) mass is 386 g/mol. The lowest BCUT2D eigenvalue weighted by molar-refractivity contribution is -0.178. The summed E-state index contributed by atoms with van der Waals surface area (Å²) in [7, 11) is 0.